The van der Waals surface area contributed by atoms with Crippen LogP contribution in [0.25, 0.3) is 11.1 Å². The molecule has 4 aromatic carbocycles. The minimum Gasteiger partial charge on any atom is -0.494 e. The van der Waals surface area contributed by atoms with Gasteiger partial charge in [0.2, 0.25) is 0 Å². The summed E-state index contributed by atoms with van der Waals surface area (Å²) in [5.41, 5.74) is 5.56. The molecule has 74 heavy (non-hydrogen) atoms. The molecule has 0 N–H and O–H groups in total. The van der Waals surface area contributed by atoms with Crippen LogP contribution in [0.3, 0.4) is 0 Å². The summed E-state index contributed by atoms with van der Waals surface area (Å²) < 4.78 is 44.3. The quantitative estimate of drug-likeness (QED) is 0.0456. The molecule has 0 saturated heterocycles. The average Bonchev–Trinajstić information content (AvgIpc) is 3.44. The topological polar surface area (TPSA) is 46.2 Å². The van der Waals surface area contributed by atoms with Crippen LogP contribution in [0.1, 0.15) is 223 Å². The van der Waals surface area contributed by atoms with Gasteiger partial charge in [-0.05, 0) is 186 Å². The smallest absolute Gasteiger partial charge is 0.134 e. The number of hydrogen-bond donors (Lipinski definition) is 0. The molecule has 0 aliphatic heterocycles. The molecule has 4 aromatic rings. The summed E-state index contributed by atoms with van der Waals surface area (Å²) in [6.45, 7) is 12.6. The van der Waals surface area contributed by atoms with Crippen LogP contribution in [0.15, 0.2) is 91.0 Å². The van der Waals surface area contributed by atoms with Crippen molar-refractivity contribution in [2.75, 3.05) is 33.0 Å². The summed E-state index contributed by atoms with van der Waals surface area (Å²) >= 11 is 0. The van der Waals surface area contributed by atoms with Gasteiger partial charge in [0, 0.05) is 24.8 Å². The van der Waals surface area contributed by atoms with E-state index in [9.17, 15) is 4.39 Å². The molecule has 0 radical (unpaired) electrons. The highest BCUT2D eigenvalue weighted by Crippen LogP contribution is 2.41. The Kier molecular flexibility index (Phi) is 28.5. The Morgan fingerprint density at radius 1 is 0.419 bits per heavy atom. The normalized spacial score (nSPS) is 20.9. The number of halogens is 1. The molecular formula is C68H101FO5. The molecule has 7 rings (SSSR count). The standard InChI is InChI=1S/C39H60O2.C29H41FO3/c1-3-4-5-8-11-33-14-16-34(17-15-33)18-19-35-20-22-36(23-21-35)37-24-28-39(29-25-37)41-31-10-7-6-9-30-40-38-26-12-32(2)13-27-38;1-3-5-6-19-31-25-13-15-26(16-14-25)32-20-7-8-21-33-27-17-18-28(29(30)22-27)24-11-9-23(4-2)10-12-24/h12-13,24-29,33-36H,3-11,14-23,30-31H2,1-2H3;9-12,17-18,22,25-26H,3-8,13-16,19-21H2,1-2H3. The van der Waals surface area contributed by atoms with E-state index in [1.165, 1.54) is 151 Å². The first-order valence-corrected chi connectivity index (χ1v) is 30.6. The van der Waals surface area contributed by atoms with Crippen LogP contribution in [0.2, 0.25) is 0 Å². The summed E-state index contributed by atoms with van der Waals surface area (Å²) in [4.78, 5) is 0. The third-order valence-corrected chi connectivity index (χ3v) is 16.7. The number of ether oxygens (including phenoxy) is 5. The monoisotopic (exact) mass is 1020 g/mol. The molecule has 6 heteroatoms. The van der Waals surface area contributed by atoms with Gasteiger partial charge in [-0.3, -0.25) is 0 Å². The van der Waals surface area contributed by atoms with Crippen LogP contribution in [0.4, 0.5) is 4.39 Å². The molecule has 410 valence electrons. The summed E-state index contributed by atoms with van der Waals surface area (Å²) in [6.07, 6.45) is 38.3. The second-order valence-corrected chi connectivity index (χ2v) is 22.6. The summed E-state index contributed by atoms with van der Waals surface area (Å²) in [7, 11) is 0. The molecule has 0 atom stereocenters. The average molecular weight is 1020 g/mol. The van der Waals surface area contributed by atoms with Crippen molar-refractivity contribution in [3.05, 3.63) is 114 Å². The minimum absolute atomic E-state index is 0.245. The number of aryl methyl sites for hydroxylation is 2. The van der Waals surface area contributed by atoms with E-state index in [1.54, 1.807) is 6.07 Å². The van der Waals surface area contributed by atoms with Gasteiger partial charge in [0.05, 0.1) is 32.0 Å². The largest absolute Gasteiger partial charge is 0.494 e. The second kappa shape index (κ2) is 35.5. The number of benzene rings is 4. The number of rotatable bonds is 32. The third kappa shape index (κ3) is 22.8. The fourth-order valence-corrected chi connectivity index (χ4v) is 11.7. The van der Waals surface area contributed by atoms with E-state index in [0.29, 0.717) is 30.1 Å². The molecule has 0 bridgehead atoms. The Labute approximate surface area is 450 Å². The first-order chi connectivity index (χ1) is 36.4. The molecule has 0 heterocycles. The molecule has 3 aliphatic rings. The van der Waals surface area contributed by atoms with Crippen molar-refractivity contribution in [1.82, 2.24) is 0 Å². The highest BCUT2D eigenvalue weighted by atomic mass is 19.1. The van der Waals surface area contributed by atoms with Crippen molar-refractivity contribution in [3.8, 4) is 28.4 Å². The SMILES string of the molecule is CCCCCCC1CCC(CCC2CCC(c3ccc(OCCCCCCOc4ccc(C)cc4)cc3)CC2)CC1.CCCCCOC1CCC(OCCCCOc2ccc(-c3ccc(CC)cc3)c(F)c2)CC1. The Hall–Kier alpha value is -3.87. The van der Waals surface area contributed by atoms with Crippen LogP contribution in [-0.2, 0) is 15.9 Å². The van der Waals surface area contributed by atoms with Crippen LogP contribution >= 0.6 is 0 Å². The zero-order valence-corrected chi connectivity index (χ0v) is 47.1. The maximum Gasteiger partial charge on any atom is 0.134 e. The summed E-state index contributed by atoms with van der Waals surface area (Å²) in [5, 5.41) is 0. The zero-order chi connectivity index (χ0) is 51.8. The maximum atomic E-state index is 14.6. The molecule has 0 spiro atoms. The fourth-order valence-electron chi connectivity index (χ4n) is 11.7. The van der Waals surface area contributed by atoms with Crippen molar-refractivity contribution in [3.63, 3.8) is 0 Å². The zero-order valence-electron chi connectivity index (χ0n) is 47.1. The van der Waals surface area contributed by atoms with E-state index in [-0.39, 0.29) is 5.82 Å². The van der Waals surface area contributed by atoms with E-state index < -0.39 is 0 Å². The van der Waals surface area contributed by atoms with E-state index in [4.69, 9.17) is 23.7 Å². The van der Waals surface area contributed by atoms with E-state index in [2.05, 4.69) is 88.4 Å². The highest BCUT2D eigenvalue weighted by Gasteiger charge is 2.26. The molecular weight excluding hydrogens is 916 g/mol. The van der Waals surface area contributed by atoms with Gasteiger partial charge in [0.25, 0.3) is 0 Å². The lowest BCUT2D eigenvalue weighted by molar-refractivity contribution is -0.0329. The van der Waals surface area contributed by atoms with Gasteiger partial charge in [-0.2, -0.15) is 0 Å². The lowest BCUT2D eigenvalue weighted by atomic mass is 9.74. The predicted octanol–water partition coefficient (Wildman–Crippen LogP) is 19.6. The molecule has 3 aliphatic carbocycles. The molecule has 0 aromatic heterocycles. The van der Waals surface area contributed by atoms with Crippen molar-refractivity contribution >= 4 is 0 Å². The van der Waals surface area contributed by atoms with Gasteiger partial charge in [-0.25, -0.2) is 4.39 Å². The summed E-state index contributed by atoms with van der Waals surface area (Å²) in [5.74, 6) is 6.16. The van der Waals surface area contributed by atoms with Gasteiger partial charge in [-0.15, -0.1) is 0 Å². The van der Waals surface area contributed by atoms with Gasteiger partial charge in [-0.1, -0.05) is 158 Å². The lowest BCUT2D eigenvalue weighted by Crippen LogP contribution is -2.27. The first kappa shape index (κ1) is 59.4. The van der Waals surface area contributed by atoms with Gasteiger partial charge < -0.3 is 23.7 Å². The maximum absolute atomic E-state index is 14.6. The minimum atomic E-state index is -0.245. The van der Waals surface area contributed by atoms with Crippen molar-refractivity contribution < 1.29 is 28.1 Å². The molecule has 0 amide bonds. The molecule has 3 fully saturated rings. The van der Waals surface area contributed by atoms with E-state index in [1.807, 2.05) is 18.2 Å². The van der Waals surface area contributed by atoms with Crippen molar-refractivity contribution in [2.45, 2.75) is 232 Å². The third-order valence-electron chi connectivity index (χ3n) is 16.7. The first-order valence-electron chi connectivity index (χ1n) is 30.6. The Bertz CT molecular complexity index is 2010. The Balaban J connectivity index is 0.000000247. The molecule has 3 saturated carbocycles. The van der Waals surface area contributed by atoms with Crippen LogP contribution in [0.5, 0.6) is 17.2 Å². The number of hydrogen-bond acceptors (Lipinski definition) is 5. The van der Waals surface area contributed by atoms with Crippen LogP contribution in [0, 0.1) is 30.5 Å². The van der Waals surface area contributed by atoms with E-state index in [0.717, 1.165) is 125 Å². The van der Waals surface area contributed by atoms with Gasteiger partial charge in [0.15, 0.2) is 0 Å². The second-order valence-electron chi connectivity index (χ2n) is 22.6. The highest BCUT2D eigenvalue weighted by molar-refractivity contribution is 5.65. The fraction of sp³-hybridized carbons (Fsp3) is 0.647. The predicted molar refractivity (Wildman–Crippen MR) is 309 cm³/mol. The Morgan fingerprint density at radius 3 is 1.41 bits per heavy atom. The summed E-state index contributed by atoms with van der Waals surface area (Å²) in [6, 6.07) is 30.6. The van der Waals surface area contributed by atoms with Crippen LogP contribution in [-0.4, -0.2) is 45.2 Å². The molecule has 5 nitrogen and oxygen atoms in total. The molecule has 0 unspecified atom stereocenters. The Morgan fingerprint density at radius 2 is 0.865 bits per heavy atom. The van der Waals surface area contributed by atoms with Crippen LogP contribution < -0.4 is 14.2 Å². The van der Waals surface area contributed by atoms with Gasteiger partial charge >= 0.3 is 0 Å². The number of unbranched alkanes of at least 4 members (excludes halogenated alkanes) is 9. The van der Waals surface area contributed by atoms with Gasteiger partial charge in [0.1, 0.15) is 23.1 Å². The van der Waals surface area contributed by atoms with Crippen molar-refractivity contribution in [2.24, 2.45) is 17.8 Å². The van der Waals surface area contributed by atoms with E-state index >= 15 is 0 Å². The van der Waals surface area contributed by atoms with Crippen molar-refractivity contribution in [1.29, 1.82) is 0 Å². The lowest BCUT2D eigenvalue weighted by Gasteiger charge is -2.32.